The van der Waals surface area contributed by atoms with Crippen molar-refractivity contribution in [3.63, 3.8) is 0 Å². The molecule has 8 heteroatoms. The van der Waals surface area contributed by atoms with E-state index in [-0.39, 0.29) is 6.04 Å². The fourth-order valence-electron chi connectivity index (χ4n) is 2.65. The van der Waals surface area contributed by atoms with Crippen molar-refractivity contribution in [2.45, 2.75) is 25.4 Å². The first-order valence-electron chi connectivity index (χ1n) is 8.53. The third kappa shape index (κ3) is 5.03. The zero-order chi connectivity index (χ0) is 19.4. The number of benzene rings is 2. The number of carboxylic acid groups (broad SMARTS) is 1. The molecule has 0 amide bonds. The van der Waals surface area contributed by atoms with Gasteiger partial charge in [0.15, 0.2) is 11.5 Å². The van der Waals surface area contributed by atoms with Crippen molar-refractivity contribution in [1.29, 1.82) is 0 Å². The predicted octanol–water partition coefficient (Wildman–Crippen LogP) is 2.65. The van der Waals surface area contributed by atoms with E-state index < -0.39 is 18.4 Å². The van der Waals surface area contributed by atoms with Crippen molar-refractivity contribution >= 4 is 23.3 Å². The first-order chi connectivity index (χ1) is 12.9. The molecule has 3 unspecified atom stereocenters. The summed E-state index contributed by atoms with van der Waals surface area (Å²) in [7, 11) is 0. The molecular weight excluding hydrogens is 372 g/mol. The highest BCUT2D eigenvalue weighted by molar-refractivity contribution is 6.30. The normalized spacial score (nSPS) is 17.4. The molecular formula is C19H21ClN2O5. The molecule has 1 heterocycles. The summed E-state index contributed by atoms with van der Waals surface area (Å²) in [5.41, 5.74) is 1.55. The molecule has 0 spiro atoms. The molecule has 0 saturated carbocycles. The first kappa shape index (κ1) is 19.3. The Morgan fingerprint density at radius 3 is 2.70 bits per heavy atom. The van der Waals surface area contributed by atoms with E-state index in [1.807, 2.05) is 13.0 Å². The van der Waals surface area contributed by atoms with E-state index in [0.717, 1.165) is 11.3 Å². The summed E-state index contributed by atoms with van der Waals surface area (Å²) in [5, 5.41) is 26.3. The summed E-state index contributed by atoms with van der Waals surface area (Å²) < 4.78 is 10.4. The van der Waals surface area contributed by atoms with E-state index in [4.69, 9.17) is 26.2 Å². The number of nitrogens with one attached hydrogen (secondary N) is 2. The van der Waals surface area contributed by atoms with E-state index in [0.29, 0.717) is 29.6 Å². The number of aliphatic hydroxyl groups excluding tert-OH is 1. The highest BCUT2D eigenvalue weighted by Crippen LogP contribution is 2.36. The molecule has 0 bridgehead atoms. The second-order valence-corrected chi connectivity index (χ2v) is 6.76. The van der Waals surface area contributed by atoms with Crippen LogP contribution in [0.4, 0.5) is 5.69 Å². The molecule has 2 aromatic rings. The fourth-order valence-corrected chi connectivity index (χ4v) is 2.85. The lowest BCUT2D eigenvalue weighted by atomic mass is 10.1. The van der Waals surface area contributed by atoms with Crippen LogP contribution in [0.5, 0.6) is 11.5 Å². The molecule has 3 rings (SSSR count). The van der Waals surface area contributed by atoms with E-state index in [1.54, 1.807) is 36.4 Å². The SMILES string of the molecule is CC(CNc1ccc2c(c1)OC(C(=O)O)O2)NCC(O)c1cccc(Cl)c1. The average molecular weight is 393 g/mol. The van der Waals surface area contributed by atoms with Crippen LogP contribution < -0.4 is 20.1 Å². The lowest BCUT2D eigenvalue weighted by Crippen LogP contribution is -2.35. The topological polar surface area (TPSA) is 100 Å². The number of aliphatic hydroxyl groups is 1. The smallest absolute Gasteiger partial charge is 0.387 e. The maximum atomic E-state index is 10.9. The molecule has 3 atom stereocenters. The molecule has 0 fully saturated rings. The van der Waals surface area contributed by atoms with Gasteiger partial charge in [0.2, 0.25) is 0 Å². The number of halogens is 1. The van der Waals surface area contributed by atoms with Gasteiger partial charge in [-0.1, -0.05) is 23.7 Å². The number of anilines is 1. The zero-order valence-electron chi connectivity index (χ0n) is 14.7. The Kier molecular flexibility index (Phi) is 6.05. The maximum Gasteiger partial charge on any atom is 0.387 e. The minimum atomic E-state index is -1.30. The number of carboxylic acids is 1. The number of ether oxygens (including phenoxy) is 2. The molecule has 1 aliphatic heterocycles. The third-order valence-corrected chi connectivity index (χ3v) is 4.35. The van der Waals surface area contributed by atoms with Crippen LogP contribution in [0.3, 0.4) is 0 Å². The summed E-state index contributed by atoms with van der Waals surface area (Å²) in [4.78, 5) is 10.9. The average Bonchev–Trinajstić information content (AvgIpc) is 3.08. The molecule has 0 aromatic heterocycles. The van der Waals surface area contributed by atoms with Gasteiger partial charge >= 0.3 is 12.3 Å². The van der Waals surface area contributed by atoms with Crippen LogP contribution in [0.1, 0.15) is 18.6 Å². The number of fused-ring (bicyclic) bond motifs is 1. The summed E-state index contributed by atoms with van der Waals surface area (Å²) in [5.74, 6) is -0.370. The minimum Gasteiger partial charge on any atom is -0.476 e. The lowest BCUT2D eigenvalue weighted by Gasteiger charge is -2.18. The van der Waals surface area contributed by atoms with Crippen LogP contribution in [0.15, 0.2) is 42.5 Å². The standard InChI is InChI=1S/C19H21ClN2O5/c1-11(21-10-15(23)12-3-2-4-13(20)7-12)9-22-14-5-6-16-17(8-14)27-19(26-16)18(24)25/h2-8,11,15,19,21-23H,9-10H2,1H3,(H,24,25). The van der Waals surface area contributed by atoms with Crippen LogP contribution in [0.2, 0.25) is 5.02 Å². The Labute approximate surface area is 161 Å². The van der Waals surface area contributed by atoms with Crippen molar-refractivity contribution in [2.75, 3.05) is 18.4 Å². The number of aliphatic carboxylic acids is 1. The number of rotatable bonds is 8. The van der Waals surface area contributed by atoms with Gasteiger partial charge in [-0.15, -0.1) is 0 Å². The molecule has 7 nitrogen and oxygen atoms in total. The molecule has 1 aliphatic rings. The van der Waals surface area contributed by atoms with Gasteiger partial charge < -0.3 is 30.3 Å². The van der Waals surface area contributed by atoms with Gasteiger partial charge in [-0.25, -0.2) is 4.79 Å². The van der Waals surface area contributed by atoms with Gasteiger partial charge in [-0.05, 0) is 36.8 Å². The minimum absolute atomic E-state index is 0.0797. The molecule has 0 saturated heterocycles. The van der Waals surface area contributed by atoms with Gasteiger partial charge in [0.1, 0.15) is 0 Å². The molecule has 2 aromatic carbocycles. The molecule has 4 N–H and O–H groups in total. The first-order valence-corrected chi connectivity index (χ1v) is 8.91. The van der Waals surface area contributed by atoms with E-state index in [9.17, 15) is 9.90 Å². The van der Waals surface area contributed by atoms with E-state index >= 15 is 0 Å². The zero-order valence-corrected chi connectivity index (χ0v) is 15.4. The summed E-state index contributed by atoms with van der Waals surface area (Å²) in [6.07, 6.45) is -1.95. The highest BCUT2D eigenvalue weighted by Gasteiger charge is 2.30. The summed E-state index contributed by atoms with van der Waals surface area (Å²) in [6, 6.07) is 12.4. The van der Waals surface area contributed by atoms with Crippen molar-refractivity contribution in [3.8, 4) is 11.5 Å². The highest BCUT2D eigenvalue weighted by atomic mass is 35.5. The number of hydrogen-bond acceptors (Lipinski definition) is 6. The molecule has 144 valence electrons. The van der Waals surface area contributed by atoms with Crippen LogP contribution in [-0.2, 0) is 4.79 Å². The Bertz CT molecular complexity index is 816. The van der Waals surface area contributed by atoms with Gasteiger partial charge in [-0.2, -0.15) is 0 Å². The lowest BCUT2D eigenvalue weighted by molar-refractivity contribution is -0.154. The summed E-state index contributed by atoms with van der Waals surface area (Å²) >= 11 is 5.94. The Hall–Kier alpha value is -2.48. The van der Waals surface area contributed by atoms with Gasteiger partial charge in [0, 0.05) is 35.9 Å². The Morgan fingerprint density at radius 1 is 1.19 bits per heavy atom. The predicted molar refractivity (Wildman–Crippen MR) is 101 cm³/mol. The van der Waals surface area contributed by atoms with Crippen LogP contribution >= 0.6 is 11.6 Å². The van der Waals surface area contributed by atoms with E-state index in [2.05, 4.69) is 10.6 Å². The second kappa shape index (κ2) is 8.47. The van der Waals surface area contributed by atoms with Gasteiger partial charge in [-0.3, -0.25) is 0 Å². The van der Waals surface area contributed by atoms with Gasteiger partial charge in [0.25, 0.3) is 0 Å². The largest absolute Gasteiger partial charge is 0.476 e. The van der Waals surface area contributed by atoms with Crippen molar-refractivity contribution < 1.29 is 24.5 Å². The van der Waals surface area contributed by atoms with Gasteiger partial charge in [0.05, 0.1) is 6.10 Å². The van der Waals surface area contributed by atoms with Crippen molar-refractivity contribution in [1.82, 2.24) is 5.32 Å². The van der Waals surface area contributed by atoms with Crippen LogP contribution in [-0.4, -0.2) is 41.6 Å². The molecule has 0 radical (unpaired) electrons. The van der Waals surface area contributed by atoms with Crippen LogP contribution in [0.25, 0.3) is 0 Å². The Balaban J connectivity index is 1.46. The third-order valence-electron chi connectivity index (χ3n) is 4.12. The maximum absolute atomic E-state index is 10.9. The van der Waals surface area contributed by atoms with Crippen LogP contribution in [0, 0.1) is 0 Å². The van der Waals surface area contributed by atoms with E-state index in [1.165, 1.54) is 0 Å². The number of hydrogen-bond donors (Lipinski definition) is 4. The monoisotopic (exact) mass is 392 g/mol. The quantitative estimate of drug-likeness (QED) is 0.548. The number of carbonyl (C=O) groups is 1. The molecule has 27 heavy (non-hydrogen) atoms. The summed E-state index contributed by atoms with van der Waals surface area (Å²) in [6.45, 7) is 2.99. The second-order valence-electron chi connectivity index (χ2n) is 6.33. The fraction of sp³-hybridized carbons (Fsp3) is 0.316. The van der Waals surface area contributed by atoms with Crippen molar-refractivity contribution in [2.24, 2.45) is 0 Å². The van der Waals surface area contributed by atoms with Crippen molar-refractivity contribution in [3.05, 3.63) is 53.1 Å². The molecule has 0 aliphatic carbocycles. The Morgan fingerprint density at radius 2 is 1.96 bits per heavy atom.